The van der Waals surface area contributed by atoms with Gasteiger partial charge < -0.3 is 0 Å². The molecule has 176 valence electrons. The maximum atomic E-state index is 11.7. The summed E-state index contributed by atoms with van der Waals surface area (Å²) in [5, 5.41) is 10.9. The van der Waals surface area contributed by atoms with E-state index < -0.39 is 0 Å². The van der Waals surface area contributed by atoms with E-state index in [4.69, 9.17) is 5.26 Å². The van der Waals surface area contributed by atoms with Crippen LogP contribution in [0, 0.1) is 57.8 Å². The summed E-state index contributed by atoms with van der Waals surface area (Å²) in [7, 11) is 0. The molecule has 4 saturated carbocycles. The first-order valence-electron chi connectivity index (χ1n) is 13.6. The minimum atomic E-state index is -0.106. The van der Waals surface area contributed by atoms with Crippen molar-refractivity contribution in [2.45, 2.75) is 118 Å². The highest BCUT2D eigenvalue weighted by Gasteiger charge is 2.60. The SMILES string of the molecule is CC.CC[C@H]1CC2C3CCC(CCCC(=O)NC#N)C3(C)CC[C@@H]2C2(C)CCCCC12. The normalized spacial score (nSPS) is 43.4. The predicted molar refractivity (Wildman–Crippen MR) is 128 cm³/mol. The van der Waals surface area contributed by atoms with E-state index in [-0.39, 0.29) is 5.91 Å². The van der Waals surface area contributed by atoms with Gasteiger partial charge in [0.1, 0.15) is 0 Å². The minimum Gasteiger partial charge on any atom is -0.274 e. The molecule has 0 aromatic rings. The lowest BCUT2D eigenvalue weighted by Crippen LogP contribution is -2.55. The molecule has 3 heteroatoms. The molecular weight excluding hydrogens is 380 g/mol. The van der Waals surface area contributed by atoms with Crippen LogP contribution in [0.5, 0.6) is 0 Å². The van der Waals surface area contributed by atoms with Crippen molar-refractivity contribution >= 4 is 5.91 Å². The van der Waals surface area contributed by atoms with Crippen LogP contribution in [0.4, 0.5) is 0 Å². The van der Waals surface area contributed by atoms with Crippen LogP contribution in [0.15, 0.2) is 0 Å². The molecule has 4 aliphatic rings. The molecule has 0 bridgehead atoms. The first-order valence-corrected chi connectivity index (χ1v) is 13.6. The van der Waals surface area contributed by atoms with Gasteiger partial charge in [-0.05, 0) is 104 Å². The van der Waals surface area contributed by atoms with Gasteiger partial charge in [-0.1, -0.05) is 53.9 Å². The van der Waals surface area contributed by atoms with Crippen molar-refractivity contribution in [3.05, 3.63) is 0 Å². The lowest BCUT2D eigenvalue weighted by Gasteiger charge is -2.62. The number of hydrogen-bond acceptors (Lipinski definition) is 2. The average Bonchev–Trinajstić information content (AvgIpc) is 3.11. The fourth-order valence-electron chi connectivity index (χ4n) is 9.24. The van der Waals surface area contributed by atoms with Crippen LogP contribution >= 0.6 is 0 Å². The zero-order valence-electron chi connectivity index (χ0n) is 21.0. The van der Waals surface area contributed by atoms with Gasteiger partial charge in [-0.25, -0.2) is 0 Å². The molecule has 8 atom stereocenters. The second kappa shape index (κ2) is 10.3. The van der Waals surface area contributed by atoms with Crippen LogP contribution in [0.2, 0.25) is 0 Å². The van der Waals surface area contributed by atoms with E-state index >= 15 is 0 Å². The number of hydrogen-bond donors (Lipinski definition) is 1. The monoisotopic (exact) mass is 428 g/mol. The lowest BCUT2D eigenvalue weighted by molar-refractivity contribution is -0.136. The molecule has 6 unspecified atom stereocenters. The summed E-state index contributed by atoms with van der Waals surface area (Å²) >= 11 is 0. The summed E-state index contributed by atoms with van der Waals surface area (Å²) in [5.74, 6) is 5.44. The Morgan fingerprint density at radius 1 is 1.00 bits per heavy atom. The van der Waals surface area contributed by atoms with E-state index in [2.05, 4.69) is 26.1 Å². The van der Waals surface area contributed by atoms with Crippen LogP contribution in [0.25, 0.3) is 0 Å². The van der Waals surface area contributed by atoms with Crippen molar-refractivity contribution in [1.29, 1.82) is 5.26 Å². The van der Waals surface area contributed by atoms with E-state index in [1.165, 1.54) is 70.6 Å². The third-order valence-electron chi connectivity index (χ3n) is 10.6. The van der Waals surface area contributed by atoms with Gasteiger partial charge in [0.05, 0.1) is 0 Å². The van der Waals surface area contributed by atoms with Crippen molar-refractivity contribution in [2.24, 2.45) is 46.3 Å². The Hall–Kier alpha value is -1.04. The van der Waals surface area contributed by atoms with E-state index in [1.54, 1.807) is 6.19 Å². The van der Waals surface area contributed by atoms with Crippen molar-refractivity contribution in [3.8, 4) is 6.19 Å². The molecule has 0 aliphatic heterocycles. The average molecular weight is 429 g/mol. The molecule has 1 amide bonds. The third kappa shape index (κ3) is 4.43. The number of fused-ring (bicyclic) bond motifs is 5. The number of carbonyl (C=O) groups excluding carboxylic acids is 1. The van der Waals surface area contributed by atoms with Gasteiger partial charge in [0.2, 0.25) is 5.91 Å². The third-order valence-corrected chi connectivity index (χ3v) is 10.6. The van der Waals surface area contributed by atoms with Crippen LogP contribution in [-0.4, -0.2) is 5.91 Å². The lowest BCUT2D eigenvalue weighted by atomic mass is 9.42. The van der Waals surface area contributed by atoms with Gasteiger partial charge >= 0.3 is 0 Å². The fraction of sp³-hybridized carbons (Fsp3) is 0.929. The van der Waals surface area contributed by atoms with Gasteiger partial charge in [-0.15, -0.1) is 0 Å². The Morgan fingerprint density at radius 2 is 1.74 bits per heavy atom. The smallest absolute Gasteiger partial charge is 0.232 e. The maximum Gasteiger partial charge on any atom is 0.232 e. The van der Waals surface area contributed by atoms with Gasteiger partial charge in [-0.3, -0.25) is 10.1 Å². The first-order chi connectivity index (χ1) is 14.9. The molecule has 0 aromatic carbocycles. The molecule has 0 spiro atoms. The number of nitrogens with zero attached hydrogens (tertiary/aromatic N) is 1. The largest absolute Gasteiger partial charge is 0.274 e. The summed E-state index contributed by atoms with van der Waals surface area (Å²) in [6.45, 7) is 11.8. The second-order valence-corrected chi connectivity index (χ2v) is 11.5. The molecule has 31 heavy (non-hydrogen) atoms. The molecule has 3 nitrogen and oxygen atoms in total. The Labute approximate surface area is 192 Å². The summed E-state index contributed by atoms with van der Waals surface area (Å²) in [4.78, 5) is 11.7. The topological polar surface area (TPSA) is 52.9 Å². The van der Waals surface area contributed by atoms with E-state index in [1.807, 2.05) is 13.8 Å². The van der Waals surface area contributed by atoms with E-state index in [0.717, 1.165) is 41.9 Å². The standard InChI is InChI=1S/C26H42N2O.C2H6/c1-4-18-16-20-22-12-11-19(8-7-10-24(29)28-17-27)25(22,2)15-13-23(20)26(3)14-6-5-9-21(18)26;1-2/h18-23H,4-16H2,1-3H3,(H,28,29);1-2H3/t18-,19?,20?,21?,22?,23-,25?,26?;/m0./s1. The fourth-order valence-corrected chi connectivity index (χ4v) is 9.24. The van der Waals surface area contributed by atoms with Gasteiger partial charge in [0.15, 0.2) is 6.19 Å². The Morgan fingerprint density at radius 3 is 2.45 bits per heavy atom. The highest BCUT2D eigenvalue weighted by molar-refractivity contribution is 5.77. The Kier molecular flexibility index (Phi) is 8.15. The Balaban J connectivity index is 0.00000132. The van der Waals surface area contributed by atoms with Crippen LogP contribution < -0.4 is 5.32 Å². The number of rotatable bonds is 5. The van der Waals surface area contributed by atoms with Crippen LogP contribution in [0.3, 0.4) is 0 Å². The molecule has 4 rings (SSSR count). The molecular formula is C28H48N2O. The molecule has 0 radical (unpaired) electrons. The molecule has 0 heterocycles. The van der Waals surface area contributed by atoms with Gasteiger partial charge in [0.25, 0.3) is 0 Å². The van der Waals surface area contributed by atoms with Crippen molar-refractivity contribution in [2.75, 3.05) is 0 Å². The molecule has 0 saturated heterocycles. The summed E-state index contributed by atoms with van der Waals surface area (Å²) in [6, 6.07) is 0. The summed E-state index contributed by atoms with van der Waals surface area (Å²) < 4.78 is 0. The van der Waals surface area contributed by atoms with Crippen molar-refractivity contribution in [1.82, 2.24) is 5.32 Å². The summed E-state index contributed by atoms with van der Waals surface area (Å²) in [5.41, 5.74) is 1.10. The maximum absolute atomic E-state index is 11.7. The number of nitriles is 1. The zero-order chi connectivity index (χ0) is 22.6. The molecule has 4 fully saturated rings. The number of nitrogens with one attached hydrogen (secondary N) is 1. The van der Waals surface area contributed by atoms with Crippen LogP contribution in [0.1, 0.15) is 118 Å². The van der Waals surface area contributed by atoms with Crippen LogP contribution in [-0.2, 0) is 4.79 Å². The molecule has 0 aromatic heterocycles. The molecule has 1 N–H and O–H groups in total. The molecule has 4 aliphatic carbocycles. The van der Waals surface area contributed by atoms with E-state index in [0.29, 0.717) is 17.3 Å². The number of amides is 1. The highest BCUT2D eigenvalue weighted by Crippen LogP contribution is 2.69. The minimum absolute atomic E-state index is 0.106. The highest BCUT2D eigenvalue weighted by atomic mass is 16.1. The predicted octanol–water partition coefficient (Wildman–Crippen LogP) is 7.47. The van der Waals surface area contributed by atoms with Crippen molar-refractivity contribution in [3.63, 3.8) is 0 Å². The van der Waals surface area contributed by atoms with E-state index in [9.17, 15) is 4.79 Å². The van der Waals surface area contributed by atoms with Gasteiger partial charge in [0, 0.05) is 6.42 Å². The number of carbonyl (C=O) groups is 1. The zero-order valence-corrected chi connectivity index (χ0v) is 21.0. The quantitative estimate of drug-likeness (QED) is 0.365. The Bertz CT molecular complexity index is 654. The van der Waals surface area contributed by atoms with Crippen molar-refractivity contribution < 1.29 is 4.79 Å². The summed E-state index contributed by atoms with van der Waals surface area (Å²) in [6.07, 6.45) is 18.8. The first kappa shape index (κ1) is 24.6. The second-order valence-electron chi connectivity index (χ2n) is 11.5. The van der Waals surface area contributed by atoms with Gasteiger partial charge in [-0.2, -0.15) is 5.26 Å².